The molecule has 96 valence electrons. The third kappa shape index (κ3) is 3.93. The number of rotatable bonds is 6. The van der Waals surface area contributed by atoms with Crippen LogP contribution in [0.5, 0.6) is 11.5 Å². The Kier molecular flexibility index (Phi) is 5.29. The number of hydrogen-bond acceptors (Lipinski definition) is 3. The SMILES string of the molecule is CCCC(C)N(C)Cc1ccc(OC)c(O)c1. The molecule has 1 rings (SSSR count). The minimum absolute atomic E-state index is 0.210. The first-order valence-electron chi connectivity index (χ1n) is 6.14. The highest BCUT2D eigenvalue weighted by molar-refractivity contribution is 5.41. The van der Waals surface area contributed by atoms with Gasteiger partial charge >= 0.3 is 0 Å². The molecule has 0 saturated carbocycles. The quantitative estimate of drug-likeness (QED) is 0.825. The zero-order chi connectivity index (χ0) is 12.8. The average Bonchev–Trinajstić information content (AvgIpc) is 2.29. The van der Waals surface area contributed by atoms with E-state index in [1.54, 1.807) is 13.2 Å². The minimum atomic E-state index is 0.210. The Morgan fingerprint density at radius 3 is 2.65 bits per heavy atom. The highest BCUT2D eigenvalue weighted by atomic mass is 16.5. The second kappa shape index (κ2) is 6.50. The Balaban J connectivity index is 2.65. The smallest absolute Gasteiger partial charge is 0.160 e. The van der Waals surface area contributed by atoms with Crippen molar-refractivity contribution in [1.29, 1.82) is 0 Å². The van der Waals surface area contributed by atoms with Gasteiger partial charge in [-0.25, -0.2) is 0 Å². The van der Waals surface area contributed by atoms with Gasteiger partial charge in [0.1, 0.15) is 0 Å². The first-order valence-corrected chi connectivity index (χ1v) is 6.14. The molecule has 0 aromatic heterocycles. The van der Waals surface area contributed by atoms with E-state index in [2.05, 4.69) is 25.8 Å². The molecule has 0 spiro atoms. The molecule has 17 heavy (non-hydrogen) atoms. The molecule has 1 aromatic rings. The van der Waals surface area contributed by atoms with Crippen molar-refractivity contribution in [1.82, 2.24) is 4.90 Å². The van der Waals surface area contributed by atoms with Crippen LogP contribution in [0.25, 0.3) is 0 Å². The van der Waals surface area contributed by atoms with Crippen molar-refractivity contribution >= 4 is 0 Å². The van der Waals surface area contributed by atoms with Crippen molar-refractivity contribution in [2.24, 2.45) is 0 Å². The van der Waals surface area contributed by atoms with E-state index in [0.29, 0.717) is 11.8 Å². The largest absolute Gasteiger partial charge is 0.504 e. The number of phenolic OH excluding ortho intramolecular Hbond substituents is 1. The van der Waals surface area contributed by atoms with E-state index >= 15 is 0 Å². The van der Waals surface area contributed by atoms with Crippen molar-refractivity contribution in [2.75, 3.05) is 14.2 Å². The Morgan fingerprint density at radius 1 is 1.41 bits per heavy atom. The topological polar surface area (TPSA) is 32.7 Å². The molecule has 0 aliphatic rings. The summed E-state index contributed by atoms with van der Waals surface area (Å²) in [5, 5.41) is 9.70. The van der Waals surface area contributed by atoms with Gasteiger partial charge in [-0.05, 0) is 38.1 Å². The number of benzene rings is 1. The van der Waals surface area contributed by atoms with Gasteiger partial charge in [-0.2, -0.15) is 0 Å². The monoisotopic (exact) mass is 237 g/mol. The number of hydrogen-bond donors (Lipinski definition) is 1. The van der Waals surface area contributed by atoms with E-state index in [4.69, 9.17) is 4.74 Å². The molecule has 3 heteroatoms. The molecule has 0 amide bonds. The van der Waals surface area contributed by atoms with E-state index < -0.39 is 0 Å². The minimum Gasteiger partial charge on any atom is -0.504 e. The van der Waals surface area contributed by atoms with Crippen LogP contribution in [0.4, 0.5) is 0 Å². The van der Waals surface area contributed by atoms with Crippen LogP contribution in [-0.2, 0) is 6.54 Å². The number of ether oxygens (including phenoxy) is 1. The molecule has 3 nitrogen and oxygen atoms in total. The fourth-order valence-electron chi connectivity index (χ4n) is 1.92. The summed E-state index contributed by atoms with van der Waals surface area (Å²) in [5.74, 6) is 0.736. The molecule has 0 bridgehead atoms. The molecule has 0 aliphatic carbocycles. The summed E-state index contributed by atoms with van der Waals surface area (Å²) in [6.07, 6.45) is 2.39. The zero-order valence-corrected chi connectivity index (χ0v) is 11.2. The van der Waals surface area contributed by atoms with E-state index in [9.17, 15) is 5.11 Å². The van der Waals surface area contributed by atoms with Crippen LogP contribution in [0.3, 0.4) is 0 Å². The molecule has 0 saturated heterocycles. The lowest BCUT2D eigenvalue weighted by atomic mass is 10.1. The van der Waals surface area contributed by atoms with Crippen LogP contribution < -0.4 is 4.74 Å². The standard InChI is InChI=1S/C14H23NO2/c1-5-6-11(2)15(3)10-12-7-8-14(17-4)13(16)9-12/h7-9,11,16H,5-6,10H2,1-4H3. The predicted molar refractivity (Wildman–Crippen MR) is 70.5 cm³/mol. The molecule has 1 aromatic carbocycles. The highest BCUT2D eigenvalue weighted by Crippen LogP contribution is 2.26. The van der Waals surface area contributed by atoms with E-state index in [-0.39, 0.29) is 5.75 Å². The number of aromatic hydroxyl groups is 1. The van der Waals surface area contributed by atoms with Crippen LogP contribution in [0.2, 0.25) is 0 Å². The van der Waals surface area contributed by atoms with Gasteiger partial charge in [0.2, 0.25) is 0 Å². The van der Waals surface area contributed by atoms with Crippen molar-refractivity contribution in [3.05, 3.63) is 23.8 Å². The summed E-state index contributed by atoms with van der Waals surface area (Å²) in [4.78, 5) is 2.30. The normalized spacial score (nSPS) is 12.8. The van der Waals surface area contributed by atoms with Crippen LogP contribution in [-0.4, -0.2) is 30.2 Å². The van der Waals surface area contributed by atoms with Gasteiger partial charge < -0.3 is 9.84 Å². The Hall–Kier alpha value is -1.22. The van der Waals surface area contributed by atoms with Crippen LogP contribution in [0.1, 0.15) is 32.3 Å². The summed E-state index contributed by atoms with van der Waals surface area (Å²) < 4.78 is 5.03. The van der Waals surface area contributed by atoms with Gasteiger partial charge in [-0.1, -0.05) is 19.4 Å². The lowest BCUT2D eigenvalue weighted by Crippen LogP contribution is -2.28. The summed E-state index contributed by atoms with van der Waals surface area (Å²) in [6, 6.07) is 6.13. The maximum Gasteiger partial charge on any atom is 0.160 e. The summed E-state index contributed by atoms with van der Waals surface area (Å²) in [7, 11) is 3.67. The predicted octanol–water partition coefficient (Wildman–Crippen LogP) is 3.02. The molecule has 0 fully saturated rings. The molecule has 0 radical (unpaired) electrons. The van der Waals surface area contributed by atoms with Gasteiger partial charge in [0.15, 0.2) is 11.5 Å². The maximum absolute atomic E-state index is 9.70. The average molecular weight is 237 g/mol. The molecular weight excluding hydrogens is 214 g/mol. The summed E-state index contributed by atoms with van der Waals surface area (Å²) in [6.45, 7) is 5.27. The lowest BCUT2D eigenvalue weighted by Gasteiger charge is -2.24. The van der Waals surface area contributed by atoms with Crippen molar-refractivity contribution in [3.8, 4) is 11.5 Å². The van der Waals surface area contributed by atoms with Gasteiger partial charge in [-0.3, -0.25) is 4.90 Å². The molecular formula is C14H23NO2. The van der Waals surface area contributed by atoms with Gasteiger partial charge in [0, 0.05) is 12.6 Å². The first-order chi connectivity index (χ1) is 8.08. The van der Waals surface area contributed by atoms with Gasteiger partial charge in [0.05, 0.1) is 7.11 Å². The van der Waals surface area contributed by atoms with Crippen LogP contribution in [0, 0.1) is 0 Å². The molecule has 1 unspecified atom stereocenters. The number of methoxy groups -OCH3 is 1. The second-order valence-electron chi connectivity index (χ2n) is 4.56. The number of nitrogens with zero attached hydrogens (tertiary/aromatic N) is 1. The van der Waals surface area contributed by atoms with E-state index in [0.717, 1.165) is 12.1 Å². The van der Waals surface area contributed by atoms with Crippen molar-refractivity contribution < 1.29 is 9.84 Å². The molecule has 0 heterocycles. The van der Waals surface area contributed by atoms with Crippen molar-refractivity contribution in [3.63, 3.8) is 0 Å². The second-order valence-corrected chi connectivity index (χ2v) is 4.56. The fraction of sp³-hybridized carbons (Fsp3) is 0.571. The van der Waals surface area contributed by atoms with Crippen LogP contribution in [0.15, 0.2) is 18.2 Å². The fourth-order valence-corrected chi connectivity index (χ4v) is 1.92. The maximum atomic E-state index is 9.70. The Bertz CT molecular complexity index is 352. The molecule has 0 aliphatic heterocycles. The lowest BCUT2D eigenvalue weighted by molar-refractivity contribution is 0.236. The third-order valence-electron chi connectivity index (χ3n) is 3.13. The zero-order valence-electron chi connectivity index (χ0n) is 11.2. The van der Waals surface area contributed by atoms with E-state index in [1.807, 2.05) is 12.1 Å². The Labute approximate surface area is 104 Å². The number of phenols is 1. The summed E-state index contributed by atoms with van der Waals surface area (Å²) in [5.41, 5.74) is 1.11. The van der Waals surface area contributed by atoms with Gasteiger partial charge in [0.25, 0.3) is 0 Å². The van der Waals surface area contributed by atoms with Crippen LogP contribution >= 0.6 is 0 Å². The van der Waals surface area contributed by atoms with E-state index in [1.165, 1.54) is 12.8 Å². The van der Waals surface area contributed by atoms with Crippen molar-refractivity contribution in [2.45, 2.75) is 39.3 Å². The summed E-state index contributed by atoms with van der Waals surface area (Å²) >= 11 is 0. The third-order valence-corrected chi connectivity index (χ3v) is 3.13. The molecule has 1 atom stereocenters. The Morgan fingerprint density at radius 2 is 2.12 bits per heavy atom. The molecule has 1 N–H and O–H groups in total. The first kappa shape index (κ1) is 13.8. The van der Waals surface area contributed by atoms with Gasteiger partial charge in [-0.15, -0.1) is 0 Å². The highest BCUT2D eigenvalue weighted by Gasteiger charge is 2.10.